The Balaban J connectivity index is 0.000000401. The average molecular weight is 582 g/mol. The number of hydrogen-bond acceptors (Lipinski definition) is 7. The fraction of sp³-hybridized carbons (Fsp3) is 0.485. The fourth-order valence-electron chi connectivity index (χ4n) is 5.45. The van der Waals surface area contributed by atoms with E-state index < -0.39 is 34.3 Å². The normalized spacial score (nSPS) is 24.3. The molecule has 5 rings (SSSR count). The molecule has 2 fully saturated rings. The first-order chi connectivity index (χ1) is 20.0. The topological polar surface area (TPSA) is 128 Å². The van der Waals surface area contributed by atoms with Crippen LogP contribution in [0, 0.1) is 28.9 Å². The number of hydrogen-bond donors (Lipinski definition) is 2. The molecule has 3 heterocycles. The molecule has 1 aromatic heterocycles. The van der Waals surface area contributed by atoms with Gasteiger partial charge in [-0.2, -0.15) is 5.26 Å². The summed E-state index contributed by atoms with van der Waals surface area (Å²) in [4.78, 5) is 22.3. The standard InChI is InChI=1S/C18H11NO2.C13H23FN2O3.C2H6.2H2/c19-11-1-2-13-3-5-14(6-4-13)15-7-9-17-16(12-15)8-10-18(20)21-17;1-4-13(14)11(2,3)7-19-12(13)6-16-5-9(10(15)17)18-8-12;1-2;;/h3-7,9,12H,1-2H2;9,16H,4-8H2,1-3H3,(H2,15,17);1-2H3;2*1H. The Bertz CT molecular complexity index is 1460. The number of alkyl halides is 1. The highest BCUT2D eigenvalue weighted by Gasteiger charge is 2.66. The van der Waals surface area contributed by atoms with Crippen molar-refractivity contribution in [2.24, 2.45) is 11.1 Å². The summed E-state index contributed by atoms with van der Waals surface area (Å²) in [5.41, 5.74) is 5.33. The third-order valence-corrected chi connectivity index (χ3v) is 7.86. The number of nitrogens with one attached hydrogen (secondary N) is 1. The number of carbonyl (C=O) groups is 1. The Morgan fingerprint density at radius 2 is 1.86 bits per heavy atom. The van der Waals surface area contributed by atoms with Gasteiger partial charge in [-0.15, -0.1) is 0 Å². The lowest BCUT2D eigenvalue weighted by Crippen LogP contribution is -2.60. The fourth-order valence-corrected chi connectivity index (χ4v) is 5.45. The van der Waals surface area contributed by atoms with Crippen molar-refractivity contribution in [2.75, 3.05) is 26.3 Å². The average Bonchev–Trinajstić information content (AvgIpc) is 3.13. The minimum absolute atomic E-state index is 0. The quantitative estimate of drug-likeness (QED) is 0.412. The van der Waals surface area contributed by atoms with E-state index in [9.17, 15) is 9.59 Å². The van der Waals surface area contributed by atoms with Crippen LogP contribution < -0.4 is 16.7 Å². The molecule has 8 nitrogen and oxygen atoms in total. The third kappa shape index (κ3) is 6.82. The van der Waals surface area contributed by atoms with Gasteiger partial charge in [-0.1, -0.05) is 71.0 Å². The number of nitriles is 1. The number of rotatable bonds is 5. The Kier molecular flexibility index (Phi) is 10.9. The summed E-state index contributed by atoms with van der Waals surface area (Å²) >= 11 is 0. The van der Waals surface area contributed by atoms with Gasteiger partial charge in [-0.05, 0) is 41.7 Å². The number of benzene rings is 2. The molecule has 228 valence electrons. The maximum atomic E-state index is 15.5. The molecule has 3 N–H and O–H groups in total. The van der Waals surface area contributed by atoms with Crippen LogP contribution in [0.1, 0.15) is 55.9 Å². The first kappa shape index (κ1) is 32.8. The lowest BCUT2D eigenvalue weighted by molar-refractivity contribution is -0.145. The van der Waals surface area contributed by atoms with Crippen molar-refractivity contribution in [3.63, 3.8) is 0 Å². The summed E-state index contributed by atoms with van der Waals surface area (Å²) in [5, 5.41) is 12.4. The van der Waals surface area contributed by atoms with E-state index in [4.69, 9.17) is 24.9 Å². The predicted octanol–water partition coefficient (Wildman–Crippen LogP) is 5.41. The molecule has 2 aromatic carbocycles. The van der Waals surface area contributed by atoms with E-state index in [2.05, 4.69) is 23.5 Å². The summed E-state index contributed by atoms with van der Waals surface area (Å²) in [6.45, 7) is 10.5. The van der Waals surface area contributed by atoms with Crippen LogP contribution in [0.15, 0.2) is 51.7 Å². The largest absolute Gasteiger partial charge is 0.416 e. The van der Waals surface area contributed by atoms with Gasteiger partial charge in [0, 0.05) is 33.8 Å². The molecule has 1 spiro atoms. The zero-order valence-electron chi connectivity index (χ0n) is 25.0. The molecule has 9 heteroatoms. The van der Waals surface area contributed by atoms with E-state index in [1.807, 2.05) is 71.0 Å². The number of nitrogens with zero attached hydrogens (tertiary/aromatic N) is 1. The van der Waals surface area contributed by atoms with Gasteiger partial charge in [0.25, 0.3) is 0 Å². The van der Waals surface area contributed by atoms with Crippen molar-refractivity contribution in [2.45, 2.75) is 71.3 Å². The monoisotopic (exact) mass is 581 g/mol. The second-order valence-corrected chi connectivity index (χ2v) is 10.9. The molecule has 0 radical (unpaired) electrons. The summed E-state index contributed by atoms with van der Waals surface area (Å²) < 4.78 is 31.8. The third-order valence-electron chi connectivity index (χ3n) is 7.86. The molecule has 3 aromatic rings. The molecule has 42 heavy (non-hydrogen) atoms. The van der Waals surface area contributed by atoms with Gasteiger partial charge in [0.1, 0.15) is 23.0 Å². The van der Waals surface area contributed by atoms with Gasteiger partial charge in [-0.3, -0.25) is 4.79 Å². The van der Waals surface area contributed by atoms with Crippen LogP contribution in [-0.4, -0.2) is 49.6 Å². The molecule has 0 bridgehead atoms. The number of ether oxygens (including phenoxy) is 2. The number of carbonyl (C=O) groups excluding carboxylic acids is 1. The molecule has 2 aliphatic heterocycles. The number of aryl methyl sites for hydroxylation is 1. The lowest BCUT2D eigenvalue weighted by Gasteiger charge is -2.42. The highest BCUT2D eigenvalue weighted by atomic mass is 19.1. The van der Waals surface area contributed by atoms with Crippen molar-refractivity contribution in [3.05, 3.63) is 70.6 Å². The van der Waals surface area contributed by atoms with Crippen LogP contribution in [0.2, 0.25) is 0 Å². The molecule has 2 saturated heterocycles. The second kappa shape index (κ2) is 13.9. The highest BCUT2D eigenvalue weighted by Crippen LogP contribution is 2.53. The minimum atomic E-state index is -1.50. The number of nitrogens with two attached hydrogens (primary N) is 1. The first-order valence-corrected chi connectivity index (χ1v) is 14.3. The Morgan fingerprint density at radius 1 is 1.17 bits per heavy atom. The SMILES string of the molecule is CC.CCC1(F)C(C)(C)COC12CNCC(C(N)=O)OC2.N#CCCc1ccc(-c2ccc3oc(=O)c#cc3c2)cc1.[HH].[HH]. The van der Waals surface area contributed by atoms with Crippen LogP contribution in [0.3, 0.4) is 0 Å². The van der Waals surface area contributed by atoms with Crippen molar-refractivity contribution >= 4 is 16.9 Å². The second-order valence-electron chi connectivity index (χ2n) is 10.9. The van der Waals surface area contributed by atoms with Gasteiger partial charge < -0.3 is 24.9 Å². The summed E-state index contributed by atoms with van der Waals surface area (Å²) in [7, 11) is 0. The summed E-state index contributed by atoms with van der Waals surface area (Å²) in [5.74, 6) is -0.539. The summed E-state index contributed by atoms with van der Waals surface area (Å²) in [6, 6.07) is 21.0. The Hall–Kier alpha value is -3.76. The maximum absolute atomic E-state index is 15.5. The maximum Gasteiger partial charge on any atom is 0.390 e. The zero-order chi connectivity index (χ0) is 31.0. The van der Waals surface area contributed by atoms with Crippen LogP contribution in [0.5, 0.6) is 0 Å². The van der Waals surface area contributed by atoms with E-state index in [1.165, 1.54) is 0 Å². The van der Waals surface area contributed by atoms with E-state index in [-0.39, 0.29) is 9.46 Å². The summed E-state index contributed by atoms with van der Waals surface area (Å²) in [6.07, 6.45) is 0.904. The van der Waals surface area contributed by atoms with Gasteiger partial charge in [0.05, 0.1) is 24.7 Å². The Labute approximate surface area is 250 Å². The molecule has 2 aliphatic rings. The smallest absolute Gasteiger partial charge is 0.390 e. The van der Waals surface area contributed by atoms with Gasteiger partial charge >= 0.3 is 5.63 Å². The van der Waals surface area contributed by atoms with Crippen LogP contribution in [-0.2, 0) is 20.7 Å². The number of halogens is 1. The van der Waals surface area contributed by atoms with Gasteiger partial charge in [0.15, 0.2) is 0 Å². The highest BCUT2D eigenvalue weighted by molar-refractivity contribution is 5.81. The van der Waals surface area contributed by atoms with E-state index in [0.717, 1.165) is 28.5 Å². The van der Waals surface area contributed by atoms with Crippen LogP contribution >= 0.6 is 0 Å². The number of fused-ring (bicyclic) bond motifs is 1. The molecule has 0 saturated carbocycles. The minimum Gasteiger partial charge on any atom is -0.416 e. The van der Waals surface area contributed by atoms with Crippen LogP contribution in [0.25, 0.3) is 22.1 Å². The molecular formula is C33H44FN3O5. The molecule has 1 amide bonds. The van der Waals surface area contributed by atoms with Crippen molar-refractivity contribution < 1.29 is 25.9 Å². The van der Waals surface area contributed by atoms with Gasteiger partial charge in [-0.25, -0.2) is 9.18 Å². The van der Waals surface area contributed by atoms with Gasteiger partial charge in [0.2, 0.25) is 5.91 Å². The van der Waals surface area contributed by atoms with E-state index >= 15 is 4.39 Å². The van der Waals surface area contributed by atoms with E-state index in [0.29, 0.717) is 38.1 Å². The molecular weight excluding hydrogens is 537 g/mol. The number of amides is 1. The predicted molar refractivity (Wildman–Crippen MR) is 164 cm³/mol. The first-order valence-electron chi connectivity index (χ1n) is 14.3. The molecule has 3 unspecified atom stereocenters. The van der Waals surface area contributed by atoms with Crippen molar-refractivity contribution in [1.29, 1.82) is 5.26 Å². The number of primary amides is 1. The Morgan fingerprint density at radius 3 is 2.50 bits per heavy atom. The molecule has 0 aliphatic carbocycles. The van der Waals surface area contributed by atoms with Crippen molar-refractivity contribution in [3.8, 4) is 17.2 Å². The lowest BCUT2D eigenvalue weighted by atomic mass is 9.68. The van der Waals surface area contributed by atoms with Crippen molar-refractivity contribution in [1.82, 2.24) is 5.32 Å². The van der Waals surface area contributed by atoms with Crippen LogP contribution in [0.4, 0.5) is 4.39 Å². The molecule has 3 atom stereocenters. The van der Waals surface area contributed by atoms with E-state index in [1.54, 1.807) is 6.07 Å². The zero-order valence-corrected chi connectivity index (χ0v) is 25.0.